The minimum Gasteiger partial charge on any atom is -0.492 e. The Labute approximate surface area is 151 Å². The molecule has 6 heteroatoms. The van der Waals surface area contributed by atoms with Crippen LogP contribution in [0.5, 0.6) is 5.75 Å². The molecule has 134 valence electrons. The average Bonchev–Trinajstić information content (AvgIpc) is 2.67. The third-order valence-electron chi connectivity index (χ3n) is 3.84. The molecule has 0 atom stereocenters. The molecule has 2 amide bonds. The van der Waals surface area contributed by atoms with Crippen molar-refractivity contribution in [2.75, 3.05) is 19.7 Å². The number of pyridine rings is 1. The van der Waals surface area contributed by atoms with Crippen molar-refractivity contribution in [2.45, 2.75) is 6.42 Å². The van der Waals surface area contributed by atoms with Gasteiger partial charge in [0.05, 0.1) is 12.1 Å². The highest BCUT2D eigenvalue weighted by Gasteiger charge is 2.01. The predicted molar refractivity (Wildman–Crippen MR) is 98.7 cm³/mol. The number of halogens is 1. The largest absolute Gasteiger partial charge is 0.492 e. The van der Waals surface area contributed by atoms with Crippen molar-refractivity contribution in [3.05, 3.63) is 72.2 Å². The van der Waals surface area contributed by atoms with Crippen LogP contribution in [-0.2, 0) is 6.42 Å². The van der Waals surface area contributed by atoms with E-state index in [1.54, 1.807) is 18.3 Å². The Morgan fingerprint density at radius 2 is 1.85 bits per heavy atom. The van der Waals surface area contributed by atoms with Gasteiger partial charge in [0.1, 0.15) is 18.2 Å². The van der Waals surface area contributed by atoms with Gasteiger partial charge < -0.3 is 15.4 Å². The van der Waals surface area contributed by atoms with Crippen molar-refractivity contribution in [3.8, 4) is 5.75 Å². The van der Waals surface area contributed by atoms with Crippen LogP contribution in [0.1, 0.15) is 5.56 Å². The van der Waals surface area contributed by atoms with Gasteiger partial charge in [-0.2, -0.15) is 0 Å². The lowest BCUT2D eigenvalue weighted by atomic mass is 10.1. The molecule has 1 aromatic heterocycles. The molecule has 0 unspecified atom stereocenters. The van der Waals surface area contributed by atoms with E-state index in [0.717, 1.165) is 22.2 Å². The van der Waals surface area contributed by atoms with Gasteiger partial charge in [-0.3, -0.25) is 4.98 Å². The van der Waals surface area contributed by atoms with E-state index in [2.05, 4.69) is 15.6 Å². The van der Waals surface area contributed by atoms with Crippen LogP contribution in [-0.4, -0.2) is 30.7 Å². The minimum atomic E-state index is -0.262. The van der Waals surface area contributed by atoms with Crippen LogP contribution in [0.15, 0.2) is 60.8 Å². The molecule has 0 aliphatic rings. The summed E-state index contributed by atoms with van der Waals surface area (Å²) in [5.74, 6) is 0.478. The molecule has 0 radical (unpaired) electrons. The van der Waals surface area contributed by atoms with E-state index >= 15 is 0 Å². The number of ether oxygens (including phenoxy) is 1. The fraction of sp³-hybridized carbons (Fsp3) is 0.200. The first-order chi connectivity index (χ1) is 12.7. The molecule has 3 rings (SSSR count). The Kier molecular flexibility index (Phi) is 5.98. The van der Waals surface area contributed by atoms with E-state index in [1.165, 1.54) is 12.1 Å². The van der Waals surface area contributed by atoms with E-state index in [-0.39, 0.29) is 11.8 Å². The summed E-state index contributed by atoms with van der Waals surface area (Å²) in [6, 6.07) is 15.5. The van der Waals surface area contributed by atoms with Gasteiger partial charge in [-0.25, -0.2) is 9.18 Å². The third kappa shape index (κ3) is 5.17. The second-order valence-corrected chi connectivity index (χ2v) is 5.77. The second kappa shape index (κ2) is 8.80. The highest BCUT2D eigenvalue weighted by Crippen LogP contribution is 2.18. The fourth-order valence-electron chi connectivity index (χ4n) is 2.51. The number of carbonyl (C=O) groups excluding carboxylic acids is 1. The molecule has 0 aliphatic heterocycles. The van der Waals surface area contributed by atoms with E-state index in [4.69, 9.17) is 4.74 Å². The summed E-state index contributed by atoms with van der Waals surface area (Å²) in [6.45, 7) is 1.25. The summed E-state index contributed by atoms with van der Waals surface area (Å²) >= 11 is 0. The van der Waals surface area contributed by atoms with E-state index < -0.39 is 0 Å². The summed E-state index contributed by atoms with van der Waals surface area (Å²) in [6.07, 6.45) is 2.40. The fourth-order valence-corrected chi connectivity index (χ4v) is 2.51. The van der Waals surface area contributed by atoms with Crippen LogP contribution >= 0.6 is 0 Å². The van der Waals surface area contributed by atoms with E-state index in [1.807, 2.05) is 30.3 Å². The van der Waals surface area contributed by atoms with Crippen LogP contribution in [0.2, 0.25) is 0 Å². The van der Waals surface area contributed by atoms with Crippen molar-refractivity contribution >= 4 is 16.9 Å². The minimum absolute atomic E-state index is 0.251. The molecule has 26 heavy (non-hydrogen) atoms. The van der Waals surface area contributed by atoms with Gasteiger partial charge in [-0.1, -0.05) is 18.2 Å². The number of benzene rings is 2. The number of nitrogens with zero attached hydrogens (tertiary/aromatic N) is 1. The Morgan fingerprint density at radius 1 is 1.04 bits per heavy atom. The maximum Gasteiger partial charge on any atom is 0.314 e. The summed E-state index contributed by atoms with van der Waals surface area (Å²) < 4.78 is 18.5. The summed E-state index contributed by atoms with van der Waals surface area (Å²) in [7, 11) is 0. The molecule has 2 aromatic carbocycles. The van der Waals surface area contributed by atoms with Crippen LogP contribution in [0.3, 0.4) is 0 Å². The van der Waals surface area contributed by atoms with Crippen LogP contribution in [0.4, 0.5) is 9.18 Å². The Balaban J connectivity index is 1.33. The first-order valence-corrected chi connectivity index (χ1v) is 8.44. The van der Waals surface area contributed by atoms with Crippen molar-refractivity contribution < 1.29 is 13.9 Å². The Hall–Kier alpha value is -3.15. The van der Waals surface area contributed by atoms with E-state index in [0.29, 0.717) is 26.1 Å². The Morgan fingerprint density at radius 3 is 2.69 bits per heavy atom. The predicted octanol–water partition coefficient (Wildman–Crippen LogP) is 3.29. The lowest BCUT2D eigenvalue weighted by Crippen LogP contribution is -2.38. The van der Waals surface area contributed by atoms with E-state index in [9.17, 15) is 9.18 Å². The third-order valence-corrected chi connectivity index (χ3v) is 3.84. The van der Waals surface area contributed by atoms with Gasteiger partial charge in [0, 0.05) is 18.1 Å². The van der Waals surface area contributed by atoms with Gasteiger partial charge in [0.2, 0.25) is 0 Å². The van der Waals surface area contributed by atoms with Crippen LogP contribution in [0.25, 0.3) is 10.9 Å². The second-order valence-electron chi connectivity index (χ2n) is 5.77. The highest BCUT2D eigenvalue weighted by molar-refractivity contribution is 5.79. The molecule has 0 bridgehead atoms. The standard InChI is InChI=1S/C20H20FN3O2/c21-17-5-3-15(4-6-17)9-11-23-20(25)24-12-13-26-18-7-8-19-16(14-18)2-1-10-22-19/h1-8,10,14H,9,11-13H2,(H2,23,24,25). The topological polar surface area (TPSA) is 63.2 Å². The van der Waals surface area contributed by atoms with Gasteiger partial charge in [-0.15, -0.1) is 0 Å². The van der Waals surface area contributed by atoms with Crippen molar-refractivity contribution in [1.82, 2.24) is 15.6 Å². The molecular formula is C20H20FN3O2. The lowest BCUT2D eigenvalue weighted by molar-refractivity contribution is 0.236. The molecule has 0 spiro atoms. The zero-order valence-corrected chi connectivity index (χ0v) is 14.2. The number of hydrogen-bond acceptors (Lipinski definition) is 3. The van der Waals surface area contributed by atoms with Crippen LogP contribution in [0, 0.1) is 5.82 Å². The van der Waals surface area contributed by atoms with Crippen molar-refractivity contribution in [2.24, 2.45) is 0 Å². The number of aromatic nitrogens is 1. The number of urea groups is 1. The van der Waals surface area contributed by atoms with Gasteiger partial charge in [0.15, 0.2) is 0 Å². The SMILES string of the molecule is O=C(NCCOc1ccc2ncccc2c1)NCCc1ccc(F)cc1. The van der Waals surface area contributed by atoms with Gasteiger partial charge in [-0.05, 0) is 48.4 Å². The lowest BCUT2D eigenvalue weighted by Gasteiger charge is -2.09. The maximum absolute atomic E-state index is 12.8. The zero-order chi connectivity index (χ0) is 18.2. The molecule has 0 saturated heterocycles. The molecule has 0 saturated carbocycles. The number of hydrogen-bond donors (Lipinski definition) is 2. The summed E-state index contributed by atoms with van der Waals surface area (Å²) in [4.78, 5) is 16.0. The molecule has 3 aromatic rings. The maximum atomic E-state index is 12.8. The number of nitrogens with one attached hydrogen (secondary N) is 2. The number of amides is 2. The summed E-state index contributed by atoms with van der Waals surface area (Å²) in [5.41, 5.74) is 1.89. The number of fused-ring (bicyclic) bond motifs is 1. The average molecular weight is 353 g/mol. The molecule has 1 heterocycles. The highest BCUT2D eigenvalue weighted by atomic mass is 19.1. The molecule has 5 nitrogen and oxygen atoms in total. The summed E-state index contributed by atoms with van der Waals surface area (Å²) in [5, 5.41) is 6.51. The quantitative estimate of drug-likeness (QED) is 0.641. The van der Waals surface area contributed by atoms with Gasteiger partial charge in [0.25, 0.3) is 0 Å². The van der Waals surface area contributed by atoms with Crippen molar-refractivity contribution in [3.63, 3.8) is 0 Å². The zero-order valence-electron chi connectivity index (χ0n) is 14.2. The molecular weight excluding hydrogens is 333 g/mol. The molecule has 0 fully saturated rings. The van der Waals surface area contributed by atoms with Crippen LogP contribution < -0.4 is 15.4 Å². The first kappa shape index (κ1) is 17.7. The number of carbonyl (C=O) groups is 1. The van der Waals surface area contributed by atoms with Crippen molar-refractivity contribution in [1.29, 1.82) is 0 Å². The monoisotopic (exact) mass is 353 g/mol. The number of rotatable bonds is 7. The molecule has 0 aliphatic carbocycles. The van der Waals surface area contributed by atoms with Gasteiger partial charge >= 0.3 is 6.03 Å². The molecule has 2 N–H and O–H groups in total. The first-order valence-electron chi connectivity index (χ1n) is 8.44. The smallest absolute Gasteiger partial charge is 0.314 e. The Bertz CT molecular complexity index is 868. The normalized spacial score (nSPS) is 10.5.